The number of nitrogens with zero attached hydrogens (tertiary/aromatic N) is 6. The van der Waals surface area contributed by atoms with Crippen molar-refractivity contribution in [2.75, 3.05) is 20.2 Å². The van der Waals surface area contributed by atoms with Crippen molar-refractivity contribution in [3.8, 4) is 11.1 Å². The monoisotopic (exact) mass is 985 g/mol. The molecule has 18 nitrogen and oxygen atoms in total. The summed E-state index contributed by atoms with van der Waals surface area (Å²) in [6, 6.07) is 18.0. The van der Waals surface area contributed by atoms with Gasteiger partial charge in [-0.15, -0.1) is 0 Å². The van der Waals surface area contributed by atoms with Gasteiger partial charge in [0.1, 0.15) is 24.7 Å². The highest BCUT2D eigenvalue weighted by molar-refractivity contribution is 6.31. The maximum atomic E-state index is 15.8. The number of fused-ring (bicyclic) bond motifs is 2. The van der Waals surface area contributed by atoms with Gasteiger partial charge in [-0.2, -0.15) is 10.2 Å². The van der Waals surface area contributed by atoms with Crippen LogP contribution in [-0.4, -0.2) is 109 Å². The lowest BCUT2D eigenvalue weighted by Crippen LogP contribution is -2.55. The number of aromatic nitrogens is 4. The molecule has 0 saturated heterocycles. The van der Waals surface area contributed by atoms with Crippen LogP contribution >= 0.6 is 23.2 Å². The van der Waals surface area contributed by atoms with E-state index < -0.39 is 60.2 Å². The SMILES string of the molecule is COC1CC(N(CC(=O)NCc2cccc(Cl)c2F)C(=O)Cn2nc(C(N)=O)c3c(-c4cc(Cl)c(F)c(CNC(=O)CN(C(=O)Cn5nc(C(N)=O)c6ccccc65)C5CC(N)C5)c4)cccc32)C1. The molecule has 6 amide bonds. The normalized spacial score (nSPS) is 17.5. The van der Waals surface area contributed by atoms with Gasteiger partial charge in [0.05, 0.1) is 40.3 Å². The molecule has 2 fully saturated rings. The Morgan fingerprint density at radius 3 is 1.88 bits per heavy atom. The minimum atomic E-state index is -0.925. The van der Waals surface area contributed by atoms with Gasteiger partial charge in [0, 0.05) is 60.2 Å². The molecular formula is C47H47Cl2F2N11O7. The van der Waals surface area contributed by atoms with Crippen LogP contribution in [0.2, 0.25) is 10.0 Å². The van der Waals surface area contributed by atoms with Crippen molar-refractivity contribution in [2.24, 2.45) is 17.2 Å². The van der Waals surface area contributed by atoms with E-state index in [1.165, 1.54) is 43.4 Å². The van der Waals surface area contributed by atoms with E-state index in [0.717, 1.165) is 0 Å². The van der Waals surface area contributed by atoms with E-state index in [-0.39, 0.29) is 88.4 Å². The molecule has 4 aromatic carbocycles. The third-order valence-electron chi connectivity index (χ3n) is 12.6. The van der Waals surface area contributed by atoms with Gasteiger partial charge in [-0.05, 0) is 67.1 Å². The fraction of sp³-hybridized carbons (Fsp3) is 0.319. The summed E-state index contributed by atoms with van der Waals surface area (Å²) in [7, 11) is 1.55. The lowest BCUT2D eigenvalue weighted by atomic mass is 9.86. The maximum Gasteiger partial charge on any atom is 0.269 e. The van der Waals surface area contributed by atoms with Gasteiger partial charge >= 0.3 is 0 Å². The zero-order chi connectivity index (χ0) is 49.3. The highest BCUT2D eigenvalue weighted by Gasteiger charge is 2.38. The summed E-state index contributed by atoms with van der Waals surface area (Å²) in [4.78, 5) is 82.6. The predicted molar refractivity (Wildman–Crippen MR) is 250 cm³/mol. The molecule has 0 atom stereocenters. The number of ether oxygens (including phenoxy) is 1. The number of benzene rings is 4. The summed E-state index contributed by atoms with van der Waals surface area (Å²) in [6.45, 7) is -2.01. The predicted octanol–water partition coefficient (Wildman–Crippen LogP) is 3.79. The standard InChI is InChI=1S/C47H47Cl2F2N11O7/c1-69-30-16-29(17-30)60(21-37(63)55-18-24-6-4-9-33(48)42(24)50)40(66)23-62-36-11-5-8-31(41(36)45(58-62)47(54)68)25-12-26(43(51)34(49)13-25)19-56-38(64)20-59(28-14-27(52)15-28)39(65)22-61-35-10-3-2-7-32(35)44(57-61)46(53)67/h2-13,27-30H,14-23,52H2,1H3,(H2,53,67)(H2,54,68)(H,55,63)(H,56,64). The Balaban J connectivity index is 1.00. The van der Waals surface area contributed by atoms with E-state index in [9.17, 15) is 33.2 Å². The van der Waals surface area contributed by atoms with Crippen LogP contribution in [0.4, 0.5) is 8.78 Å². The van der Waals surface area contributed by atoms with E-state index in [1.54, 1.807) is 55.6 Å². The Labute approximate surface area is 402 Å². The van der Waals surface area contributed by atoms with Gasteiger partial charge in [-0.1, -0.05) is 65.7 Å². The Morgan fingerprint density at radius 1 is 0.710 bits per heavy atom. The van der Waals surface area contributed by atoms with Crippen molar-refractivity contribution in [3.63, 3.8) is 0 Å². The molecule has 8 rings (SSSR count). The summed E-state index contributed by atoms with van der Waals surface area (Å²) >= 11 is 12.4. The first-order valence-corrected chi connectivity index (χ1v) is 22.6. The minimum absolute atomic E-state index is 0.000352. The average Bonchev–Trinajstić information content (AvgIpc) is 3.86. The Kier molecular flexibility index (Phi) is 14.3. The second-order valence-corrected chi connectivity index (χ2v) is 17.9. The van der Waals surface area contributed by atoms with Crippen molar-refractivity contribution < 1.29 is 42.3 Å². The van der Waals surface area contributed by atoms with Crippen LogP contribution < -0.4 is 27.8 Å². The molecule has 69 heavy (non-hydrogen) atoms. The number of rotatable bonds is 18. The number of nitrogens with one attached hydrogen (secondary N) is 2. The number of methoxy groups -OCH3 is 1. The first kappa shape index (κ1) is 48.5. The highest BCUT2D eigenvalue weighted by atomic mass is 35.5. The molecule has 8 N–H and O–H groups in total. The summed E-state index contributed by atoms with van der Waals surface area (Å²) in [5, 5.41) is 14.3. The average molecular weight is 987 g/mol. The molecule has 2 aliphatic rings. The topological polar surface area (TPSA) is 256 Å². The van der Waals surface area contributed by atoms with Gasteiger partial charge in [0.2, 0.25) is 23.6 Å². The molecule has 6 aromatic rings. The fourth-order valence-corrected chi connectivity index (χ4v) is 9.20. The van der Waals surface area contributed by atoms with Crippen molar-refractivity contribution in [3.05, 3.63) is 117 Å². The molecule has 2 heterocycles. The Hall–Kier alpha value is -7.00. The largest absolute Gasteiger partial charge is 0.381 e. The highest BCUT2D eigenvalue weighted by Crippen LogP contribution is 2.36. The number of hydrogen-bond acceptors (Lipinski definition) is 10. The molecule has 22 heteroatoms. The van der Waals surface area contributed by atoms with Gasteiger partial charge in [0.15, 0.2) is 11.4 Å². The quantitative estimate of drug-likeness (QED) is 0.0833. The van der Waals surface area contributed by atoms with E-state index in [0.29, 0.717) is 53.2 Å². The van der Waals surface area contributed by atoms with Gasteiger partial charge in [-0.25, -0.2) is 8.78 Å². The number of carbonyl (C=O) groups excluding carboxylic acids is 6. The number of halogens is 4. The lowest BCUT2D eigenvalue weighted by Gasteiger charge is -2.41. The van der Waals surface area contributed by atoms with Crippen LogP contribution in [0.25, 0.3) is 32.9 Å². The number of para-hydroxylation sites is 1. The zero-order valence-corrected chi connectivity index (χ0v) is 38.6. The number of hydrogen-bond donors (Lipinski definition) is 5. The molecule has 2 aliphatic carbocycles. The van der Waals surface area contributed by atoms with Crippen LogP contribution in [0.15, 0.2) is 72.8 Å². The van der Waals surface area contributed by atoms with Crippen molar-refractivity contribution >= 4 is 80.5 Å². The third kappa shape index (κ3) is 10.2. The van der Waals surface area contributed by atoms with Crippen LogP contribution in [0.1, 0.15) is 57.8 Å². The molecule has 360 valence electrons. The molecule has 2 aromatic heterocycles. The molecule has 2 saturated carbocycles. The maximum absolute atomic E-state index is 15.8. The second kappa shape index (κ2) is 20.3. The van der Waals surface area contributed by atoms with E-state index in [1.807, 2.05) is 0 Å². The van der Waals surface area contributed by atoms with Crippen LogP contribution in [0.3, 0.4) is 0 Å². The first-order chi connectivity index (χ1) is 33.0. The summed E-state index contributed by atoms with van der Waals surface area (Å²) < 4.78 is 38.4. The van der Waals surface area contributed by atoms with Crippen molar-refractivity contribution in [1.82, 2.24) is 40.0 Å². The summed E-state index contributed by atoms with van der Waals surface area (Å²) in [5.41, 5.74) is 18.9. The molecule has 0 spiro atoms. The van der Waals surface area contributed by atoms with E-state index in [2.05, 4.69) is 20.8 Å². The summed E-state index contributed by atoms with van der Waals surface area (Å²) in [6.07, 6.45) is 1.68. The zero-order valence-electron chi connectivity index (χ0n) is 37.1. The Bertz CT molecular complexity index is 3030. The van der Waals surface area contributed by atoms with Crippen LogP contribution in [0, 0.1) is 11.6 Å². The minimum Gasteiger partial charge on any atom is -0.381 e. The molecule has 0 aliphatic heterocycles. The van der Waals surface area contributed by atoms with Crippen LogP contribution in [0.5, 0.6) is 0 Å². The molecule has 0 unspecified atom stereocenters. The molecule has 0 bridgehead atoms. The molecule has 0 radical (unpaired) electrons. The number of primary amides is 2. The van der Waals surface area contributed by atoms with E-state index in [4.69, 9.17) is 45.1 Å². The lowest BCUT2D eigenvalue weighted by molar-refractivity contribution is -0.144. The van der Waals surface area contributed by atoms with Crippen molar-refractivity contribution in [2.45, 2.75) is 76.1 Å². The fourth-order valence-electron chi connectivity index (χ4n) is 8.77. The third-order valence-corrected chi connectivity index (χ3v) is 13.1. The van der Waals surface area contributed by atoms with Gasteiger partial charge < -0.3 is 42.4 Å². The van der Waals surface area contributed by atoms with Crippen LogP contribution in [-0.2, 0) is 50.1 Å². The molecular weight excluding hydrogens is 939 g/mol. The van der Waals surface area contributed by atoms with Gasteiger partial charge in [-0.3, -0.25) is 38.1 Å². The number of carbonyl (C=O) groups is 6. The summed E-state index contributed by atoms with van der Waals surface area (Å²) in [5.74, 6) is -5.33. The Morgan fingerprint density at radius 2 is 1.26 bits per heavy atom. The number of amides is 6. The first-order valence-electron chi connectivity index (χ1n) is 21.9. The second-order valence-electron chi connectivity index (χ2n) is 17.1. The van der Waals surface area contributed by atoms with E-state index >= 15 is 4.39 Å². The van der Waals surface area contributed by atoms with Crippen molar-refractivity contribution in [1.29, 1.82) is 0 Å². The number of nitrogens with two attached hydrogens (primary N) is 3. The smallest absolute Gasteiger partial charge is 0.269 e. The van der Waals surface area contributed by atoms with Gasteiger partial charge in [0.25, 0.3) is 11.8 Å².